The zero-order valence-electron chi connectivity index (χ0n) is 44.1. The number of para-hydroxylation sites is 1. The summed E-state index contributed by atoms with van der Waals surface area (Å²) in [7, 11) is 0. The quantitative estimate of drug-likeness (QED) is 0.157. The highest BCUT2D eigenvalue weighted by atomic mass is 35.5. The van der Waals surface area contributed by atoms with E-state index in [2.05, 4.69) is 301 Å². The van der Waals surface area contributed by atoms with Crippen LogP contribution >= 0.6 is 11.6 Å². The van der Waals surface area contributed by atoms with Crippen LogP contribution in [0.15, 0.2) is 297 Å². The van der Waals surface area contributed by atoms with Gasteiger partial charge in [0.1, 0.15) is 0 Å². The highest BCUT2D eigenvalue weighted by Crippen LogP contribution is 2.67. The molecule has 0 aliphatic heterocycles. The van der Waals surface area contributed by atoms with Crippen LogP contribution in [0.5, 0.6) is 0 Å². The molecule has 81 heavy (non-hydrogen) atoms. The average molecular weight is 1050 g/mol. The van der Waals surface area contributed by atoms with Crippen molar-refractivity contribution in [2.45, 2.75) is 10.8 Å². The number of halogens is 1. The van der Waals surface area contributed by atoms with Gasteiger partial charge in [0.25, 0.3) is 0 Å². The van der Waals surface area contributed by atoms with E-state index < -0.39 is 10.8 Å². The molecule has 0 saturated heterocycles. The summed E-state index contributed by atoms with van der Waals surface area (Å²) in [5.41, 5.74) is 28.2. The Hall–Kier alpha value is -9.99. The molecule has 4 aliphatic carbocycles. The minimum absolute atomic E-state index is 0.528. The molecule has 0 aromatic heterocycles. The van der Waals surface area contributed by atoms with Gasteiger partial charge in [-0.05, 0) is 167 Å². The van der Waals surface area contributed by atoms with Crippen LogP contribution in [0.25, 0.3) is 66.4 Å². The second-order valence-electron chi connectivity index (χ2n) is 21.9. The third-order valence-electron chi connectivity index (χ3n) is 18.1. The smallest absolute Gasteiger partial charge is 0.0726 e. The Morgan fingerprint density at radius 2 is 0.679 bits per heavy atom. The fraction of sp³-hybridized carbons (Fsp3) is 0.0256. The molecule has 0 N–H and O–H groups in total. The van der Waals surface area contributed by atoms with Gasteiger partial charge in [-0.1, -0.05) is 242 Å². The van der Waals surface area contributed by atoms with Crippen molar-refractivity contribution in [1.29, 1.82) is 0 Å². The summed E-state index contributed by atoms with van der Waals surface area (Å²) < 4.78 is 0. The Bertz CT molecular complexity index is 4710. The lowest BCUT2D eigenvalue weighted by Gasteiger charge is -2.34. The monoisotopic (exact) mass is 1050 g/mol. The van der Waals surface area contributed by atoms with E-state index in [-0.39, 0.29) is 0 Å². The molecule has 3 heteroatoms. The topological polar surface area (TPSA) is 6.48 Å². The molecule has 1 atom stereocenters. The summed E-state index contributed by atoms with van der Waals surface area (Å²) in [6, 6.07) is 110. The van der Waals surface area contributed by atoms with Crippen molar-refractivity contribution < 1.29 is 0 Å². The van der Waals surface area contributed by atoms with E-state index in [1.54, 1.807) is 0 Å². The lowest BCUT2D eigenvalue weighted by molar-refractivity contribution is 0.794. The van der Waals surface area contributed by atoms with Crippen LogP contribution in [0.2, 0.25) is 5.02 Å². The van der Waals surface area contributed by atoms with Crippen molar-refractivity contribution in [3.05, 3.63) is 347 Å². The highest BCUT2D eigenvalue weighted by Gasteiger charge is 2.54. The number of hydrogen-bond donors (Lipinski definition) is 0. The van der Waals surface area contributed by atoms with E-state index in [1.165, 1.54) is 111 Å². The van der Waals surface area contributed by atoms with Crippen LogP contribution in [0.1, 0.15) is 44.5 Å². The minimum atomic E-state index is -0.576. The van der Waals surface area contributed by atoms with E-state index in [9.17, 15) is 0 Å². The predicted octanol–water partition coefficient (Wildman–Crippen LogP) is 20.8. The number of nitrogens with zero attached hydrogens (tertiary/aromatic N) is 2. The number of benzene rings is 13. The van der Waals surface area contributed by atoms with Gasteiger partial charge in [-0.3, -0.25) is 0 Å². The van der Waals surface area contributed by atoms with Crippen molar-refractivity contribution in [3.63, 3.8) is 0 Å². The molecule has 0 amide bonds. The second-order valence-corrected chi connectivity index (χ2v) is 22.4. The average Bonchev–Trinajstić information content (AvgIpc) is 2.65. The summed E-state index contributed by atoms with van der Waals surface area (Å²) >= 11 is 7.07. The highest BCUT2D eigenvalue weighted by molar-refractivity contribution is 6.31. The van der Waals surface area contributed by atoms with Crippen LogP contribution < -0.4 is 9.80 Å². The van der Waals surface area contributed by atoms with E-state index >= 15 is 0 Å². The van der Waals surface area contributed by atoms with E-state index in [0.717, 1.165) is 34.1 Å². The van der Waals surface area contributed by atoms with Crippen molar-refractivity contribution in [1.82, 2.24) is 0 Å². The Labute approximate surface area is 476 Å². The summed E-state index contributed by atoms with van der Waals surface area (Å²) in [4.78, 5) is 4.93. The number of rotatable bonds is 7. The molecule has 13 aromatic carbocycles. The van der Waals surface area contributed by atoms with Gasteiger partial charge in [-0.25, -0.2) is 0 Å². The molecule has 2 spiro atoms. The van der Waals surface area contributed by atoms with Crippen LogP contribution in [0, 0.1) is 0 Å². The Morgan fingerprint density at radius 3 is 1.32 bits per heavy atom. The number of hydrogen-bond acceptors (Lipinski definition) is 2. The van der Waals surface area contributed by atoms with E-state index in [0.29, 0.717) is 5.02 Å². The van der Waals surface area contributed by atoms with Gasteiger partial charge in [0.05, 0.1) is 16.5 Å². The molecule has 0 heterocycles. The van der Waals surface area contributed by atoms with Crippen LogP contribution in [-0.4, -0.2) is 0 Å². The first kappa shape index (κ1) is 46.0. The van der Waals surface area contributed by atoms with Crippen molar-refractivity contribution >= 4 is 56.5 Å². The Kier molecular flexibility index (Phi) is 9.94. The summed E-state index contributed by atoms with van der Waals surface area (Å²) in [5, 5.41) is 3.04. The maximum absolute atomic E-state index is 7.07. The summed E-state index contributed by atoms with van der Waals surface area (Å²) in [5.74, 6) is 0. The molecule has 378 valence electrons. The first-order chi connectivity index (χ1) is 40.1. The van der Waals surface area contributed by atoms with Crippen molar-refractivity contribution in [2.24, 2.45) is 0 Å². The Morgan fingerprint density at radius 1 is 0.247 bits per heavy atom. The summed E-state index contributed by atoms with van der Waals surface area (Å²) in [6.45, 7) is 0. The molecule has 0 bridgehead atoms. The van der Waals surface area contributed by atoms with Gasteiger partial charge < -0.3 is 9.80 Å². The fourth-order valence-corrected chi connectivity index (χ4v) is 15.3. The fourth-order valence-electron chi connectivity index (χ4n) is 15.1. The lowest BCUT2D eigenvalue weighted by atomic mass is 9.70. The maximum atomic E-state index is 7.07. The molecule has 1 unspecified atom stereocenters. The SMILES string of the molecule is Clc1cccc(N(c2cccc(N(c3ccccc3)c3c4c(cc5ccccc35)C3(c5ccccc5-c5ccccc53)c3ccccc3-4)c2)c2ccc3c(c2)C2(c4ccccc4-3)c3ccccc3-c3c(-c4ccccc4)cccc32)c1. The third kappa shape index (κ3) is 6.28. The first-order valence-electron chi connectivity index (χ1n) is 28.0. The van der Waals surface area contributed by atoms with Gasteiger partial charge >= 0.3 is 0 Å². The van der Waals surface area contributed by atoms with E-state index in [1.807, 2.05) is 6.07 Å². The lowest BCUT2D eigenvalue weighted by Crippen LogP contribution is -2.26. The normalized spacial score (nSPS) is 14.9. The van der Waals surface area contributed by atoms with E-state index in [4.69, 9.17) is 11.6 Å². The maximum Gasteiger partial charge on any atom is 0.0726 e. The van der Waals surface area contributed by atoms with Gasteiger partial charge in [0, 0.05) is 44.4 Å². The molecule has 13 aromatic rings. The largest absolute Gasteiger partial charge is 0.310 e. The Balaban J connectivity index is 0.909. The third-order valence-corrected chi connectivity index (χ3v) is 18.3. The molecule has 17 rings (SSSR count). The molecule has 0 radical (unpaired) electrons. The molecular weight excluding hydrogens is 1000 g/mol. The zero-order chi connectivity index (χ0) is 53.4. The van der Waals surface area contributed by atoms with Gasteiger partial charge in [-0.2, -0.15) is 0 Å². The minimum Gasteiger partial charge on any atom is -0.310 e. The van der Waals surface area contributed by atoms with Crippen LogP contribution in [-0.2, 0) is 10.8 Å². The van der Waals surface area contributed by atoms with Crippen LogP contribution in [0.4, 0.5) is 34.1 Å². The predicted molar refractivity (Wildman–Crippen MR) is 336 cm³/mol. The standard InChI is InChI=1S/C78H49ClN2/c79-52-25-19-28-54(47-52)80(57-44-45-63-62-34-11-16-40-68(62)78(72(63)49-57)69-41-17-12-35-64(69)74-58(37-21-43-71(74)78)50-22-3-1-4-23-50)55-29-20-30-56(48-55)81(53-26-5-2-6-27-53)76-59-31-8-7-24-51(59)46-73-75(76)65-36-13-18-42-70(65)77(73)66-38-14-9-32-60(66)61-33-10-15-39-67(61)77/h1-49H. The first-order valence-corrected chi connectivity index (χ1v) is 28.4. The molecule has 0 fully saturated rings. The zero-order valence-corrected chi connectivity index (χ0v) is 44.8. The second kappa shape index (κ2) is 17.5. The summed E-state index contributed by atoms with van der Waals surface area (Å²) in [6.07, 6.45) is 0. The van der Waals surface area contributed by atoms with Gasteiger partial charge in [0.15, 0.2) is 0 Å². The molecule has 2 nitrogen and oxygen atoms in total. The van der Waals surface area contributed by atoms with Crippen molar-refractivity contribution in [3.8, 4) is 55.6 Å². The van der Waals surface area contributed by atoms with Gasteiger partial charge in [-0.15, -0.1) is 0 Å². The van der Waals surface area contributed by atoms with Crippen LogP contribution in [0.3, 0.4) is 0 Å². The van der Waals surface area contributed by atoms with Gasteiger partial charge in [0.2, 0.25) is 0 Å². The van der Waals surface area contributed by atoms with Crippen molar-refractivity contribution in [2.75, 3.05) is 9.80 Å². The molecular formula is C78H49ClN2. The molecule has 4 aliphatic rings. The number of fused-ring (bicyclic) bond motifs is 21. The number of anilines is 6. The molecule has 0 saturated carbocycles.